The lowest BCUT2D eigenvalue weighted by molar-refractivity contribution is -0.136. The molecule has 0 aliphatic carbocycles. The van der Waals surface area contributed by atoms with E-state index in [1.165, 1.54) is 0 Å². The molecule has 0 spiro atoms. The van der Waals surface area contributed by atoms with Crippen molar-refractivity contribution in [3.05, 3.63) is 29.6 Å². The van der Waals surface area contributed by atoms with Crippen LogP contribution in [0.15, 0.2) is 18.3 Å². The molecular weight excluding hydrogens is 194 g/mol. The molecule has 5 heteroatoms. The van der Waals surface area contributed by atoms with Crippen LogP contribution < -0.4 is 5.32 Å². The summed E-state index contributed by atoms with van der Waals surface area (Å²) in [4.78, 5) is 14.1. The Kier molecular flexibility index (Phi) is 4.26. The standard InChI is InChI=1S/C10H11N3O2/c11-6-9-8(2-1-4-13-9)7-12-5-3-10(14)15/h1-2,4,12H,3,5,7H2,(H,14,15). The van der Waals surface area contributed by atoms with E-state index >= 15 is 0 Å². The smallest absolute Gasteiger partial charge is 0.304 e. The maximum atomic E-state index is 10.2. The first-order valence-electron chi connectivity index (χ1n) is 4.50. The summed E-state index contributed by atoms with van der Waals surface area (Å²) in [6.45, 7) is 0.846. The van der Waals surface area contributed by atoms with Crippen molar-refractivity contribution in [2.45, 2.75) is 13.0 Å². The van der Waals surface area contributed by atoms with Crippen LogP contribution in [0.25, 0.3) is 0 Å². The second-order valence-corrected chi connectivity index (χ2v) is 2.94. The third-order valence-corrected chi connectivity index (χ3v) is 1.83. The fourth-order valence-electron chi connectivity index (χ4n) is 1.10. The molecule has 1 heterocycles. The van der Waals surface area contributed by atoms with Crippen LogP contribution in [-0.4, -0.2) is 22.6 Å². The minimum absolute atomic E-state index is 0.0716. The van der Waals surface area contributed by atoms with Crippen molar-refractivity contribution in [1.82, 2.24) is 10.3 Å². The number of nitriles is 1. The van der Waals surface area contributed by atoms with E-state index in [-0.39, 0.29) is 6.42 Å². The van der Waals surface area contributed by atoms with Gasteiger partial charge in [-0.3, -0.25) is 4.79 Å². The van der Waals surface area contributed by atoms with E-state index in [1.807, 2.05) is 6.07 Å². The van der Waals surface area contributed by atoms with Gasteiger partial charge in [-0.15, -0.1) is 0 Å². The molecule has 0 bridgehead atoms. The number of hydrogen-bond donors (Lipinski definition) is 2. The van der Waals surface area contributed by atoms with E-state index in [0.717, 1.165) is 5.56 Å². The molecule has 5 nitrogen and oxygen atoms in total. The Morgan fingerprint density at radius 3 is 3.13 bits per heavy atom. The number of rotatable bonds is 5. The highest BCUT2D eigenvalue weighted by Crippen LogP contribution is 2.02. The van der Waals surface area contributed by atoms with Crippen molar-refractivity contribution in [3.63, 3.8) is 0 Å². The molecular formula is C10H11N3O2. The predicted octanol–water partition coefficient (Wildman–Crippen LogP) is 0.518. The van der Waals surface area contributed by atoms with Crippen molar-refractivity contribution in [2.24, 2.45) is 0 Å². The average molecular weight is 205 g/mol. The molecule has 2 N–H and O–H groups in total. The molecule has 0 atom stereocenters. The normalized spacial score (nSPS) is 9.53. The monoisotopic (exact) mass is 205 g/mol. The number of hydrogen-bond acceptors (Lipinski definition) is 4. The first-order chi connectivity index (χ1) is 7.24. The number of nitrogens with one attached hydrogen (secondary N) is 1. The van der Waals surface area contributed by atoms with Gasteiger partial charge in [0.2, 0.25) is 0 Å². The van der Waals surface area contributed by atoms with Crippen molar-refractivity contribution in [1.29, 1.82) is 5.26 Å². The summed E-state index contributed by atoms with van der Waals surface area (Å²) in [5.74, 6) is -0.839. The Bertz CT molecular complexity index is 384. The number of carboxylic acids is 1. The molecule has 0 aliphatic rings. The average Bonchev–Trinajstić information content (AvgIpc) is 2.24. The molecule has 0 aromatic carbocycles. The second-order valence-electron chi connectivity index (χ2n) is 2.94. The number of aromatic nitrogens is 1. The largest absolute Gasteiger partial charge is 0.481 e. The van der Waals surface area contributed by atoms with Gasteiger partial charge in [-0.25, -0.2) is 4.98 Å². The van der Waals surface area contributed by atoms with Crippen LogP contribution >= 0.6 is 0 Å². The zero-order valence-electron chi connectivity index (χ0n) is 8.10. The second kappa shape index (κ2) is 5.73. The molecule has 0 saturated carbocycles. The molecule has 0 saturated heterocycles. The van der Waals surface area contributed by atoms with Gasteiger partial charge in [0, 0.05) is 24.8 Å². The first kappa shape index (κ1) is 11.1. The summed E-state index contributed by atoms with van der Waals surface area (Å²) in [6.07, 6.45) is 1.63. The Morgan fingerprint density at radius 2 is 2.47 bits per heavy atom. The van der Waals surface area contributed by atoms with Crippen LogP contribution in [0.2, 0.25) is 0 Å². The highest BCUT2D eigenvalue weighted by molar-refractivity contribution is 5.66. The minimum Gasteiger partial charge on any atom is -0.481 e. The Hall–Kier alpha value is -1.93. The minimum atomic E-state index is -0.839. The van der Waals surface area contributed by atoms with Crippen molar-refractivity contribution < 1.29 is 9.90 Å². The van der Waals surface area contributed by atoms with Crippen LogP contribution in [0.4, 0.5) is 0 Å². The van der Waals surface area contributed by atoms with Gasteiger partial charge in [-0.1, -0.05) is 6.07 Å². The topological polar surface area (TPSA) is 86.0 Å². The number of nitrogens with zero attached hydrogens (tertiary/aromatic N) is 2. The molecule has 0 fully saturated rings. The molecule has 15 heavy (non-hydrogen) atoms. The summed E-state index contributed by atoms with van der Waals surface area (Å²) < 4.78 is 0. The number of carboxylic acid groups (broad SMARTS) is 1. The van der Waals surface area contributed by atoms with Crippen LogP contribution in [0.1, 0.15) is 17.7 Å². The van der Waals surface area contributed by atoms with Gasteiger partial charge < -0.3 is 10.4 Å². The van der Waals surface area contributed by atoms with E-state index in [9.17, 15) is 4.79 Å². The summed E-state index contributed by atoms with van der Waals surface area (Å²) in [6, 6.07) is 5.51. The maximum Gasteiger partial charge on any atom is 0.304 e. The lowest BCUT2D eigenvalue weighted by Crippen LogP contribution is -2.18. The molecule has 0 radical (unpaired) electrons. The van der Waals surface area contributed by atoms with E-state index in [4.69, 9.17) is 10.4 Å². The van der Waals surface area contributed by atoms with E-state index < -0.39 is 5.97 Å². The number of pyridine rings is 1. The van der Waals surface area contributed by atoms with Gasteiger partial charge in [0.25, 0.3) is 0 Å². The van der Waals surface area contributed by atoms with Gasteiger partial charge >= 0.3 is 5.97 Å². The van der Waals surface area contributed by atoms with Gasteiger partial charge in [0.1, 0.15) is 11.8 Å². The molecule has 78 valence electrons. The molecule has 1 aromatic heterocycles. The van der Waals surface area contributed by atoms with E-state index in [0.29, 0.717) is 18.8 Å². The van der Waals surface area contributed by atoms with Crippen LogP contribution in [-0.2, 0) is 11.3 Å². The Balaban J connectivity index is 2.44. The van der Waals surface area contributed by atoms with Crippen molar-refractivity contribution in [2.75, 3.05) is 6.54 Å². The van der Waals surface area contributed by atoms with Crippen molar-refractivity contribution >= 4 is 5.97 Å². The first-order valence-corrected chi connectivity index (χ1v) is 4.50. The van der Waals surface area contributed by atoms with Gasteiger partial charge in [0.05, 0.1) is 6.42 Å². The third-order valence-electron chi connectivity index (χ3n) is 1.83. The molecule has 1 rings (SSSR count). The Labute approximate surface area is 87.4 Å². The van der Waals surface area contributed by atoms with Gasteiger partial charge in [-0.2, -0.15) is 5.26 Å². The molecule has 0 amide bonds. The van der Waals surface area contributed by atoms with Gasteiger partial charge in [-0.05, 0) is 6.07 Å². The van der Waals surface area contributed by atoms with Crippen LogP contribution in [0, 0.1) is 11.3 Å². The quantitative estimate of drug-likeness (QED) is 0.684. The zero-order chi connectivity index (χ0) is 11.1. The van der Waals surface area contributed by atoms with Crippen LogP contribution in [0.5, 0.6) is 0 Å². The Morgan fingerprint density at radius 1 is 1.67 bits per heavy atom. The highest BCUT2D eigenvalue weighted by Gasteiger charge is 2.01. The lowest BCUT2D eigenvalue weighted by Gasteiger charge is -2.03. The van der Waals surface area contributed by atoms with Gasteiger partial charge in [0.15, 0.2) is 0 Å². The number of aliphatic carboxylic acids is 1. The lowest BCUT2D eigenvalue weighted by atomic mass is 10.2. The molecule has 1 aromatic rings. The fraction of sp³-hybridized carbons (Fsp3) is 0.300. The predicted molar refractivity (Wildman–Crippen MR) is 52.9 cm³/mol. The third kappa shape index (κ3) is 3.75. The fourth-order valence-corrected chi connectivity index (χ4v) is 1.10. The summed E-state index contributed by atoms with van der Waals surface area (Å²) in [7, 11) is 0. The van der Waals surface area contributed by atoms with Crippen LogP contribution in [0.3, 0.4) is 0 Å². The van der Waals surface area contributed by atoms with Crippen molar-refractivity contribution in [3.8, 4) is 6.07 Å². The van der Waals surface area contributed by atoms with E-state index in [2.05, 4.69) is 10.3 Å². The maximum absolute atomic E-state index is 10.2. The highest BCUT2D eigenvalue weighted by atomic mass is 16.4. The molecule has 0 unspecified atom stereocenters. The van der Waals surface area contributed by atoms with E-state index in [1.54, 1.807) is 18.3 Å². The summed E-state index contributed by atoms with van der Waals surface area (Å²) in [5, 5.41) is 20.1. The SMILES string of the molecule is N#Cc1ncccc1CNCCC(=O)O. The summed E-state index contributed by atoms with van der Waals surface area (Å²) in [5.41, 5.74) is 1.16. The molecule has 0 aliphatic heterocycles. The summed E-state index contributed by atoms with van der Waals surface area (Å²) >= 11 is 0. The zero-order valence-corrected chi connectivity index (χ0v) is 8.10. The number of carbonyl (C=O) groups is 1.